The Hall–Kier alpha value is -0.570. The number of nitrogens with two attached hydrogens (primary N) is 1. The molecule has 3 atom stereocenters. The topological polar surface area (TPSA) is 63.3 Å². The first-order chi connectivity index (χ1) is 5.99. The molecule has 0 saturated carbocycles. The molecule has 0 fully saturated rings. The lowest BCUT2D eigenvalue weighted by atomic mass is 9.87. The number of hydrogen-bond donors (Lipinski definition) is 2. The van der Waals surface area contributed by atoms with E-state index >= 15 is 0 Å². The number of rotatable bonds is 6. The summed E-state index contributed by atoms with van der Waals surface area (Å²) in [7, 11) is 0. The molecule has 78 valence electrons. The Morgan fingerprint density at radius 1 is 1.38 bits per heavy atom. The van der Waals surface area contributed by atoms with Crippen molar-refractivity contribution in [2.24, 2.45) is 17.6 Å². The van der Waals surface area contributed by atoms with Crippen LogP contribution in [0.25, 0.3) is 0 Å². The molecule has 0 aliphatic rings. The van der Waals surface area contributed by atoms with E-state index < -0.39 is 12.0 Å². The molecule has 3 nitrogen and oxygen atoms in total. The maximum Gasteiger partial charge on any atom is 0.320 e. The molecule has 0 aromatic heterocycles. The van der Waals surface area contributed by atoms with Crippen molar-refractivity contribution in [2.45, 2.75) is 46.1 Å². The summed E-state index contributed by atoms with van der Waals surface area (Å²) in [6.07, 6.45) is 2.87. The van der Waals surface area contributed by atoms with Crippen LogP contribution in [0.3, 0.4) is 0 Å². The van der Waals surface area contributed by atoms with Gasteiger partial charge in [0.1, 0.15) is 6.04 Å². The summed E-state index contributed by atoms with van der Waals surface area (Å²) in [5.74, 6) is 0.0667. The van der Waals surface area contributed by atoms with Crippen LogP contribution in [-0.4, -0.2) is 17.1 Å². The number of carboxylic acids is 1. The first-order valence-corrected chi connectivity index (χ1v) is 4.97. The molecule has 0 spiro atoms. The Morgan fingerprint density at radius 3 is 2.31 bits per heavy atom. The second kappa shape index (κ2) is 5.97. The van der Waals surface area contributed by atoms with E-state index in [2.05, 4.69) is 20.8 Å². The van der Waals surface area contributed by atoms with Crippen molar-refractivity contribution < 1.29 is 9.90 Å². The fourth-order valence-corrected chi connectivity index (χ4v) is 1.47. The first kappa shape index (κ1) is 12.4. The highest BCUT2D eigenvalue weighted by Gasteiger charge is 2.19. The number of aliphatic carboxylic acids is 1. The fraction of sp³-hybridized carbons (Fsp3) is 0.900. The van der Waals surface area contributed by atoms with Crippen LogP contribution in [0.2, 0.25) is 0 Å². The molecule has 0 aromatic rings. The lowest BCUT2D eigenvalue weighted by Gasteiger charge is -2.20. The number of carboxylic acid groups (broad SMARTS) is 1. The van der Waals surface area contributed by atoms with E-state index in [1.807, 2.05) is 0 Å². The third-order valence-electron chi connectivity index (χ3n) is 2.66. The lowest BCUT2D eigenvalue weighted by molar-refractivity contribution is -0.139. The van der Waals surface area contributed by atoms with Gasteiger partial charge in [-0.05, 0) is 18.3 Å². The number of hydrogen-bond acceptors (Lipinski definition) is 2. The highest BCUT2D eigenvalue weighted by atomic mass is 16.4. The van der Waals surface area contributed by atoms with Gasteiger partial charge in [0.2, 0.25) is 0 Å². The van der Waals surface area contributed by atoms with E-state index in [9.17, 15) is 4.79 Å². The van der Waals surface area contributed by atoms with Crippen molar-refractivity contribution in [3.05, 3.63) is 0 Å². The van der Waals surface area contributed by atoms with Crippen LogP contribution in [0.1, 0.15) is 40.0 Å². The Bertz CT molecular complexity index is 159. The Morgan fingerprint density at radius 2 is 1.92 bits per heavy atom. The molecular formula is C10H21NO2. The van der Waals surface area contributed by atoms with Gasteiger partial charge in [0.05, 0.1) is 0 Å². The summed E-state index contributed by atoms with van der Waals surface area (Å²) >= 11 is 0. The zero-order valence-electron chi connectivity index (χ0n) is 8.79. The van der Waals surface area contributed by atoms with Crippen LogP contribution >= 0.6 is 0 Å². The Labute approximate surface area is 80.3 Å². The van der Waals surface area contributed by atoms with Crippen LogP contribution in [0.4, 0.5) is 0 Å². The van der Waals surface area contributed by atoms with Crippen LogP contribution in [0, 0.1) is 11.8 Å². The molecule has 0 aliphatic heterocycles. The van der Waals surface area contributed by atoms with Gasteiger partial charge in [-0.1, -0.05) is 33.6 Å². The van der Waals surface area contributed by atoms with Gasteiger partial charge in [0, 0.05) is 0 Å². The summed E-state index contributed by atoms with van der Waals surface area (Å²) in [4.78, 5) is 10.5. The van der Waals surface area contributed by atoms with Crippen molar-refractivity contribution in [3.8, 4) is 0 Å². The Balaban J connectivity index is 3.84. The minimum atomic E-state index is -0.893. The van der Waals surface area contributed by atoms with E-state index in [-0.39, 0.29) is 0 Å². The van der Waals surface area contributed by atoms with Gasteiger partial charge in [-0.3, -0.25) is 4.79 Å². The average Bonchev–Trinajstić information content (AvgIpc) is 2.04. The molecule has 0 aromatic carbocycles. The molecule has 0 heterocycles. The summed E-state index contributed by atoms with van der Waals surface area (Å²) < 4.78 is 0. The quantitative estimate of drug-likeness (QED) is 0.667. The lowest BCUT2D eigenvalue weighted by Crippen LogP contribution is -2.33. The maximum absolute atomic E-state index is 10.5. The SMILES string of the molecule is CCCC(C)C(C)CC(N)C(=O)O. The first-order valence-electron chi connectivity index (χ1n) is 4.97. The van der Waals surface area contributed by atoms with Gasteiger partial charge < -0.3 is 10.8 Å². The normalized spacial score (nSPS) is 17.8. The van der Waals surface area contributed by atoms with Crippen molar-refractivity contribution in [3.63, 3.8) is 0 Å². The van der Waals surface area contributed by atoms with Crippen molar-refractivity contribution in [1.82, 2.24) is 0 Å². The largest absolute Gasteiger partial charge is 0.480 e. The van der Waals surface area contributed by atoms with Crippen LogP contribution < -0.4 is 5.73 Å². The molecule has 3 N–H and O–H groups in total. The van der Waals surface area contributed by atoms with E-state index in [0.29, 0.717) is 18.3 Å². The molecule has 13 heavy (non-hydrogen) atoms. The zero-order chi connectivity index (χ0) is 10.4. The van der Waals surface area contributed by atoms with E-state index in [1.54, 1.807) is 0 Å². The second-order valence-electron chi connectivity index (χ2n) is 3.92. The van der Waals surface area contributed by atoms with Gasteiger partial charge in [0.15, 0.2) is 0 Å². The summed E-state index contributed by atoms with van der Waals surface area (Å²) in [6.45, 7) is 6.37. The predicted molar refractivity (Wildman–Crippen MR) is 53.5 cm³/mol. The average molecular weight is 187 g/mol. The predicted octanol–water partition coefficient (Wildman–Crippen LogP) is 1.86. The monoisotopic (exact) mass is 187 g/mol. The third kappa shape index (κ3) is 4.88. The van der Waals surface area contributed by atoms with E-state index in [0.717, 1.165) is 12.8 Å². The van der Waals surface area contributed by atoms with Gasteiger partial charge in [-0.15, -0.1) is 0 Å². The standard InChI is InChI=1S/C10H21NO2/c1-4-5-7(2)8(3)6-9(11)10(12)13/h7-9H,4-6,11H2,1-3H3,(H,12,13). The molecule has 3 heteroatoms. The molecular weight excluding hydrogens is 166 g/mol. The van der Waals surface area contributed by atoms with Crippen LogP contribution in [0.5, 0.6) is 0 Å². The summed E-state index contributed by atoms with van der Waals surface area (Å²) in [5, 5.41) is 8.62. The van der Waals surface area contributed by atoms with Crippen molar-refractivity contribution >= 4 is 5.97 Å². The molecule has 0 bridgehead atoms. The van der Waals surface area contributed by atoms with Crippen LogP contribution in [0.15, 0.2) is 0 Å². The van der Waals surface area contributed by atoms with Gasteiger partial charge in [-0.25, -0.2) is 0 Å². The molecule has 0 saturated heterocycles. The molecule has 0 aliphatic carbocycles. The molecule has 3 unspecified atom stereocenters. The maximum atomic E-state index is 10.5. The highest BCUT2D eigenvalue weighted by Crippen LogP contribution is 2.20. The van der Waals surface area contributed by atoms with Gasteiger partial charge in [-0.2, -0.15) is 0 Å². The van der Waals surface area contributed by atoms with Gasteiger partial charge in [0.25, 0.3) is 0 Å². The van der Waals surface area contributed by atoms with Crippen molar-refractivity contribution in [2.75, 3.05) is 0 Å². The minimum absolute atomic E-state index is 0.394. The minimum Gasteiger partial charge on any atom is -0.480 e. The fourth-order valence-electron chi connectivity index (χ4n) is 1.47. The number of carbonyl (C=O) groups is 1. The second-order valence-corrected chi connectivity index (χ2v) is 3.92. The zero-order valence-corrected chi connectivity index (χ0v) is 8.79. The summed E-state index contributed by atoms with van der Waals surface area (Å²) in [6, 6.07) is -0.700. The van der Waals surface area contributed by atoms with E-state index in [4.69, 9.17) is 10.8 Å². The highest BCUT2D eigenvalue weighted by molar-refractivity contribution is 5.72. The van der Waals surface area contributed by atoms with Crippen molar-refractivity contribution in [1.29, 1.82) is 0 Å². The Kier molecular flexibility index (Phi) is 5.71. The molecule has 0 amide bonds. The van der Waals surface area contributed by atoms with E-state index in [1.165, 1.54) is 0 Å². The van der Waals surface area contributed by atoms with Crippen LogP contribution in [-0.2, 0) is 4.79 Å². The summed E-state index contributed by atoms with van der Waals surface area (Å²) in [5.41, 5.74) is 5.45. The smallest absolute Gasteiger partial charge is 0.320 e. The van der Waals surface area contributed by atoms with Gasteiger partial charge >= 0.3 is 5.97 Å². The molecule has 0 rings (SSSR count). The molecule has 0 radical (unpaired) electrons. The third-order valence-corrected chi connectivity index (χ3v) is 2.66.